The van der Waals surface area contributed by atoms with Gasteiger partial charge in [-0.25, -0.2) is 12.8 Å². The Labute approximate surface area is 195 Å². The summed E-state index contributed by atoms with van der Waals surface area (Å²) in [7, 11) is -3.49. The highest BCUT2D eigenvalue weighted by molar-refractivity contribution is 7.89. The van der Waals surface area contributed by atoms with Crippen molar-refractivity contribution in [3.8, 4) is 0 Å². The molecule has 0 bridgehead atoms. The van der Waals surface area contributed by atoms with Gasteiger partial charge in [0.25, 0.3) is 0 Å². The maximum absolute atomic E-state index is 13.1. The van der Waals surface area contributed by atoms with E-state index in [4.69, 9.17) is 0 Å². The summed E-state index contributed by atoms with van der Waals surface area (Å²) in [6.07, 6.45) is 5.46. The molecule has 4 rings (SSSR count). The van der Waals surface area contributed by atoms with Gasteiger partial charge in [-0.15, -0.1) is 0 Å². The zero-order chi connectivity index (χ0) is 23.3. The minimum absolute atomic E-state index is 0.0282. The Bertz CT molecular complexity index is 1030. The number of hydrogen-bond acceptors (Lipinski definition) is 4. The third kappa shape index (κ3) is 6.19. The minimum atomic E-state index is -3.49. The number of halogens is 1. The number of sulfonamides is 1. The van der Waals surface area contributed by atoms with Crippen molar-refractivity contribution in [2.45, 2.75) is 50.0 Å². The second-order valence-electron chi connectivity index (χ2n) is 9.01. The number of likely N-dealkylation sites (tertiary alicyclic amines) is 1. The van der Waals surface area contributed by atoms with E-state index in [1.807, 2.05) is 0 Å². The van der Waals surface area contributed by atoms with Gasteiger partial charge in [-0.05, 0) is 80.7 Å². The van der Waals surface area contributed by atoms with Crippen molar-refractivity contribution in [1.82, 2.24) is 9.21 Å². The molecule has 0 radical (unpaired) electrons. The molecule has 2 aliphatic rings. The number of carbonyl (C=O) groups excluding carboxylic acids is 1. The van der Waals surface area contributed by atoms with Crippen LogP contribution in [0.3, 0.4) is 0 Å². The first-order chi connectivity index (χ1) is 15.9. The molecule has 0 saturated carbocycles. The summed E-state index contributed by atoms with van der Waals surface area (Å²) in [4.78, 5) is 15.3. The molecule has 1 amide bonds. The molecule has 0 aromatic heterocycles. The molecule has 2 saturated heterocycles. The summed E-state index contributed by atoms with van der Waals surface area (Å²) in [6, 6.07) is 13.1. The quantitative estimate of drug-likeness (QED) is 0.681. The Balaban J connectivity index is 1.28. The highest BCUT2D eigenvalue weighted by atomic mass is 32.2. The Morgan fingerprint density at radius 2 is 1.48 bits per heavy atom. The van der Waals surface area contributed by atoms with Crippen LogP contribution >= 0.6 is 0 Å². The number of piperidine rings is 1. The molecule has 2 aromatic carbocycles. The van der Waals surface area contributed by atoms with Crippen LogP contribution in [0.4, 0.5) is 10.1 Å². The molecule has 6 nitrogen and oxygen atoms in total. The smallest absolute Gasteiger partial charge is 0.243 e. The number of carbonyl (C=O) groups is 1. The second-order valence-corrected chi connectivity index (χ2v) is 10.9. The molecule has 1 N–H and O–H groups in total. The first-order valence-electron chi connectivity index (χ1n) is 11.8. The van der Waals surface area contributed by atoms with Gasteiger partial charge in [0.05, 0.1) is 4.90 Å². The van der Waals surface area contributed by atoms with Crippen LogP contribution in [-0.2, 0) is 21.4 Å². The molecule has 0 unspecified atom stereocenters. The highest BCUT2D eigenvalue weighted by Crippen LogP contribution is 2.24. The van der Waals surface area contributed by atoms with Crippen LogP contribution in [0.25, 0.3) is 0 Å². The number of amides is 1. The molecule has 2 aromatic rings. The van der Waals surface area contributed by atoms with Crippen molar-refractivity contribution >= 4 is 21.6 Å². The Morgan fingerprint density at radius 1 is 0.879 bits per heavy atom. The van der Waals surface area contributed by atoms with E-state index in [-0.39, 0.29) is 22.5 Å². The summed E-state index contributed by atoms with van der Waals surface area (Å²) in [5.41, 5.74) is 1.68. The molecule has 2 heterocycles. The van der Waals surface area contributed by atoms with Gasteiger partial charge in [0.15, 0.2) is 0 Å². The molecule has 0 atom stereocenters. The Morgan fingerprint density at radius 3 is 2.09 bits per heavy atom. The molecule has 0 spiro atoms. The Hall–Kier alpha value is -2.29. The largest absolute Gasteiger partial charge is 0.326 e. The zero-order valence-electron chi connectivity index (χ0n) is 18.9. The van der Waals surface area contributed by atoms with E-state index in [1.54, 1.807) is 40.7 Å². The fourth-order valence-corrected chi connectivity index (χ4v) is 6.10. The van der Waals surface area contributed by atoms with Crippen molar-refractivity contribution < 1.29 is 17.6 Å². The van der Waals surface area contributed by atoms with Gasteiger partial charge in [-0.2, -0.15) is 4.31 Å². The number of benzene rings is 2. The average molecular weight is 474 g/mol. The van der Waals surface area contributed by atoms with Crippen LogP contribution in [0.2, 0.25) is 0 Å². The topological polar surface area (TPSA) is 69.7 Å². The molecule has 178 valence electrons. The van der Waals surface area contributed by atoms with Crippen molar-refractivity contribution in [2.75, 3.05) is 31.5 Å². The number of anilines is 1. The van der Waals surface area contributed by atoms with Gasteiger partial charge in [0.1, 0.15) is 5.82 Å². The summed E-state index contributed by atoms with van der Waals surface area (Å²) >= 11 is 0. The van der Waals surface area contributed by atoms with E-state index >= 15 is 0 Å². The highest BCUT2D eigenvalue weighted by Gasteiger charge is 2.27. The molecule has 2 fully saturated rings. The molecule has 8 heteroatoms. The van der Waals surface area contributed by atoms with Crippen molar-refractivity contribution in [2.24, 2.45) is 5.92 Å². The van der Waals surface area contributed by atoms with Gasteiger partial charge >= 0.3 is 0 Å². The van der Waals surface area contributed by atoms with Gasteiger partial charge in [-0.3, -0.25) is 9.69 Å². The Kier molecular flexibility index (Phi) is 7.78. The molecule has 2 aliphatic heterocycles. The van der Waals surface area contributed by atoms with Crippen molar-refractivity contribution in [3.05, 3.63) is 59.9 Å². The molecule has 0 aliphatic carbocycles. The van der Waals surface area contributed by atoms with Gasteiger partial charge in [0, 0.05) is 31.2 Å². The number of nitrogens with zero attached hydrogens (tertiary/aromatic N) is 2. The average Bonchev–Trinajstić information content (AvgIpc) is 3.12. The third-order valence-corrected chi connectivity index (χ3v) is 8.52. The third-order valence-electron chi connectivity index (χ3n) is 6.60. The summed E-state index contributed by atoms with van der Waals surface area (Å²) in [5, 5.41) is 2.94. The lowest BCUT2D eigenvalue weighted by atomic mass is 9.95. The summed E-state index contributed by atoms with van der Waals surface area (Å²) < 4.78 is 40.5. The summed E-state index contributed by atoms with van der Waals surface area (Å²) in [6.45, 7) is 3.51. The lowest BCUT2D eigenvalue weighted by Crippen LogP contribution is -2.37. The van der Waals surface area contributed by atoms with Crippen molar-refractivity contribution in [3.63, 3.8) is 0 Å². The van der Waals surface area contributed by atoms with E-state index < -0.39 is 10.0 Å². The molecular formula is C25H32FN3O3S. The maximum atomic E-state index is 13.1. The number of rotatable bonds is 6. The first kappa shape index (κ1) is 23.9. The van der Waals surface area contributed by atoms with Gasteiger partial charge in [-0.1, -0.05) is 25.0 Å². The minimum Gasteiger partial charge on any atom is -0.326 e. The first-order valence-corrected chi connectivity index (χ1v) is 13.2. The normalized spacial score (nSPS) is 19.2. The fraction of sp³-hybridized carbons (Fsp3) is 0.480. The molecular weight excluding hydrogens is 441 g/mol. The fourth-order valence-electron chi connectivity index (χ4n) is 4.59. The standard InChI is InChI=1S/C25H32FN3O3S/c26-22-7-5-20(6-8-22)19-28-17-13-21(14-18-28)25(30)27-23-9-11-24(12-10-23)33(31,32)29-15-3-1-2-4-16-29/h5-12,21H,1-4,13-19H2,(H,27,30). The van der Waals surface area contributed by atoms with Crippen LogP contribution in [0.5, 0.6) is 0 Å². The van der Waals surface area contributed by atoms with Gasteiger partial charge in [0.2, 0.25) is 15.9 Å². The molecule has 33 heavy (non-hydrogen) atoms. The van der Waals surface area contributed by atoms with E-state index in [0.717, 1.165) is 63.7 Å². The van der Waals surface area contributed by atoms with E-state index in [0.29, 0.717) is 18.8 Å². The summed E-state index contributed by atoms with van der Waals surface area (Å²) in [5.74, 6) is -0.337. The SMILES string of the molecule is O=C(Nc1ccc(S(=O)(=O)N2CCCCCC2)cc1)C1CCN(Cc2ccc(F)cc2)CC1. The van der Waals surface area contributed by atoms with Crippen LogP contribution in [0, 0.1) is 11.7 Å². The van der Waals surface area contributed by atoms with Gasteiger partial charge < -0.3 is 5.32 Å². The van der Waals surface area contributed by atoms with E-state index in [1.165, 1.54) is 12.1 Å². The predicted octanol–water partition coefficient (Wildman–Crippen LogP) is 4.24. The maximum Gasteiger partial charge on any atom is 0.243 e. The second kappa shape index (κ2) is 10.8. The predicted molar refractivity (Wildman–Crippen MR) is 127 cm³/mol. The van der Waals surface area contributed by atoms with Crippen LogP contribution in [-0.4, -0.2) is 49.7 Å². The van der Waals surface area contributed by atoms with Crippen LogP contribution < -0.4 is 5.32 Å². The monoisotopic (exact) mass is 473 g/mol. The number of hydrogen-bond donors (Lipinski definition) is 1. The van der Waals surface area contributed by atoms with E-state index in [9.17, 15) is 17.6 Å². The van der Waals surface area contributed by atoms with Crippen molar-refractivity contribution in [1.29, 1.82) is 0 Å². The number of nitrogens with one attached hydrogen (secondary N) is 1. The van der Waals surface area contributed by atoms with E-state index in [2.05, 4.69) is 10.2 Å². The van der Waals surface area contributed by atoms with Crippen LogP contribution in [0.1, 0.15) is 44.1 Å². The lowest BCUT2D eigenvalue weighted by molar-refractivity contribution is -0.121. The van der Waals surface area contributed by atoms with Crippen LogP contribution in [0.15, 0.2) is 53.4 Å². The lowest BCUT2D eigenvalue weighted by Gasteiger charge is -2.31. The zero-order valence-corrected chi connectivity index (χ0v) is 19.7.